The molecule has 0 amide bonds. The third-order valence-corrected chi connectivity index (χ3v) is 3.09. The van der Waals surface area contributed by atoms with Crippen LogP contribution in [0.5, 0.6) is 0 Å². The van der Waals surface area contributed by atoms with Crippen molar-refractivity contribution in [2.45, 2.75) is 32.6 Å². The number of carboxylic acids is 2. The third-order valence-electron chi connectivity index (χ3n) is 3.09. The number of hydrogen-bond donors (Lipinski definition) is 4. The van der Waals surface area contributed by atoms with Gasteiger partial charge in [0.15, 0.2) is 5.41 Å². The molecule has 7 heteroatoms. The minimum Gasteiger partial charge on any atom is -0.480 e. The van der Waals surface area contributed by atoms with Crippen molar-refractivity contribution >= 4 is 11.9 Å². The summed E-state index contributed by atoms with van der Waals surface area (Å²) in [6.07, 6.45) is 2.31. The number of nitrogens with two attached hydrogens (primary N) is 2. The molecule has 1 fully saturated rings. The molecular formula is C11H22N2O4Pt. The van der Waals surface area contributed by atoms with Gasteiger partial charge in [-0.05, 0) is 44.7 Å². The Balaban J connectivity index is 0. The molecule has 0 heterocycles. The van der Waals surface area contributed by atoms with Crippen LogP contribution < -0.4 is 11.5 Å². The zero-order valence-corrected chi connectivity index (χ0v) is 12.8. The van der Waals surface area contributed by atoms with Crippen LogP contribution in [-0.2, 0) is 30.7 Å². The van der Waals surface area contributed by atoms with E-state index in [0.29, 0.717) is 12.3 Å². The molecule has 1 aliphatic carbocycles. The van der Waals surface area contributed by atoms with Crippen molar-refractivity contribution in [2.75, 3.05) is 13.1 Å². The summed E-state index contributed by atoms with van der Waals surface area (Å²) in [5.74, 6) is -1.80. The van der Waals surface area contributed by atoms with E-state index in [4.69, 9.17) is 21.7 Å². The first-order chi connectivity index (χ1) is 7.90. The molecule has 1 atom stereocenters. The van der Waals surface area contributed by atoms with E-state index in [1.807, 2.05) is 0 Å². The average Bonchev–Trinajstić information content (AvgIpc) is 2.15. The summed E-state index contributed by atoms with van der Waals surface area (Å²) < 4.78 is 0. The zero-order valence-electron chi connectivity index (χ0n) is 10.5. The van der Waals surface area contributed by atoms with E-state index < -0.39 is 17.4 Å². The van der Waals surface area contributed by atoms with Crippen LogP contribution in [0.4, 0.5) is 0 Å². The molecule has 6 nitrogen and oxygen atoms in total. The molecular weight excluding hydrogens is 421 g/mol. The maximum absolute atomic E-state index is 10.4. The molecule has 0 radical (unpaired) electrons. The monoisotopic (exact) mass is 443 g/mol. The maximum atomic E-state index is 10.4. The van der Waals surface area contributed by atoms with Gasteiger partial charge in [-0.2, -0.15) is 0 Å². The molecule has 1 rings (SSSR count). The smallest absolute Gasteiger partial charge is 0.321 e. The first-order valence-corrected chi connectivity index (χ1v) is 5.77. The van der Waals surface area contributed by atoms with Gasteiger partial charge in [0.25, 0.3) is 0 Å². The van der Waals surface area contributed by atoms with Crippen LogP contribution in [0.25, 0.3) is 0 Å². The van der Waals surface area contributed by atoms with E-state index in [1.54, 1.807) is 0 Å². The Kier molecular flexibility index (Phi) is 10.5. The van der Waals surface area contributed by atoms with E-state index in [9.17, 15) is 9.59 Å². The van der Waals surface area contributed by atoms with Gasteiger partial charge < -0.3 is 21.7 Å². The second-order valence-electron chi connectivity index (χ2n) is 4.46. The van der Waals surface area contributed by atoms with E-state index in [0.717, 1.165) is 19.5 Å². The molecule has 0 aromatic rings. The maximum Gasteiger partial charge on any atom is 0.321 e. The van der Waals surface area contributed by atoms with Crippen LogP contribution in [0.15, 0.2) is 0 Å². The summed E-state index contributed by atoms with van der Waals surface area (Å²) in [6.45, 7) is 3.63. The van der Waals surface area contributed by atoms with Gasteiger partial charge in [0.2, 0.25) is 0 Å². The molecule has 0 unspecified atom stereocenters. The van der Waals surface area contributed by atoms with E-state index in [1.165, 1.54) is 0 Å². The minimum absolute atomic E-state index is 0. The molecule has 6 N–H and O–H groups in total. The summed E-state index contributed by atoms with van der Waals surface area (Å²) in [7, 11) is 0. The Labute approximate surface area is 121 Å². The standard InChI is InChI=1S/C6H8O4.C5H14N2.Pt/c7-4(8)6(5(9)10)2-1-3-6;1-5(4-7)2-3-6;/h1-3H2,(H,7,8)(H,9,10);5H,2-4,6-7H2,1H3;/t;5-;/m.1./s1/i;3+2;. The second-order valence-corrected chi connectivity index (χ2v) is 4.46. The molecule has 0 aliphatic heterocycles. The quantitative estimate of drug-likeness (QED) is 0.452. The summed E-state index contributed by atoms with van der Waals surface area (Å²) >= 11 is 0. The fraction of sp³-hybridized carbons (Fsp3) is 0.818. The summed E-state index contributed by atoms with van der Waals surface area (Å²) in [6, 6.07) is 0. The Morgan fingerprint density at radius 2 is 1.78 bits per heavy atom. The van der Waals surface area contributed by atoms with Crippen LogP contribution >= 0.6 is 0 Å². The second kappa shape index (κ2) is 9.47. The molecule has 18 heavy (non-hydrogen) atoms. The number of aliphatic carboxylic acids is 2. The fourth-order valence-electron chi connectivity index (χ4n) is 1.45. The SMILES string of the molecule is C[C@@H](CN)C[14CH2]N.O=C(O)C1(C(=O)O)CCC1.[Pt]. The van der Waals surface area contributed by atoms with Gasteiger partial charge in [-0.15, -0.1) is 0 Å². The number of carboxylic acid groups (broad SMARTS) is 2. The van der Waals surface area contributed by atoms with Gasteiger partial charge in [0, 0.05) is 21.1 Å². The molecule has 1 saturated carbocycles. The van der Waals surface area contributed by atoms with E-state index in [2.05, 4.69) is 6.92 Å². The van der Waals surface area contributed by atoms with Crippen molar-refractivity contribution in [3.05, 3.63) is 0 Å². The number of hydrogen-bond acceptors (Lipinski definition) is 4. The van der Waals surface area contributed by atoms with Gasteiger partial charge in [0.1, 0.15) is 0 Å². The van der Waals surface area contributed by atoms with Crippen LogP contribution in [-0.4, -0.2) is 35.2 Å². The number of rotatable bonds is 5. The van der Waals surface area contributed by atoms with Crippen molar-refractivity contribution in [1.82, 2.24) is 0 Å². The summed E-state index contributed by atoms with van der Waals surface area (Å²) in [5.41, 5.74) is 9.11. The Morgan fingerprint density at radius 3 is 1.83 bits per heavy atom. The summed E-state index contributed by atoms with van der Waals surface area (Å²) in [5, 5.41) is 16.9. The molecule has 0 aromatic carbocycles. The minimum atomic E-state index is -1.44. The van der Waals surface area contributed by atoms with Crippen molar-refractivity contribution in [3.8, 4) is 0 Å². The van der Waals surface area contributed by atoms with Crippen LogP contribution in [0, 0.1) is 11.3 Å². The zero-order chi connectivity index (χ0) is 13.5. The molecule has 110 valence electrons. The van der Waals surface area contributed by atoms with Crippen molar-refractivity contribution < 1.29 is 40.9 Å². The molecule has 1 aliphatic rings. The first-order valence-electron chi connectivity index (χ1n) is 5.77. The van der Waals surface area contributed by atoms with Gasteiger partial charge in [0.05, 0.1) is 0 Å². The normalized spacial score (nSPS) is 17.3. The van der Waals surface area contributed by atoms with Gasteiger partial charge in [-0.3, -0.25) is 9.59 Å². The predicted octanol–water partition coefficient (Wildman–Crippen LogP) is 0.253. The van der Waals surface area contributed by atoms with Crippen molar-refractivity contribution in [1.29, 1.82) is 0 Å². The predicted molar refractivity (Wildman–Crippen MR) is 63.4 cm³/mol. The largest absolute Gasteiger partial charge is 0.480 e. The fourth-order valence-corrected chi connectivity index (χ4v) is 1.45. The first kappa shape index (κ1) is 19.9. The number of carbonyl (C=O) groups is 2. The Bertz CT molecular complexity index is 254. The van der Waals surface area contributed by atoms with E-state index >= 15 is 0 Å². The van der Waals surface area contributed by atoms with Gasteiger partial charge in [-0.1, -0.05) is 6.92 Å². The molecule has 0 bridgehead atoms. The molecule has 0 aromatic heterocycles. The topological polar surface area (TPSA) is 127 Å². The average molecular weight is 443 g/mol. The van der Waals surface area contributed by atoms with Crippen molar-refractivity contribution in [2.24, 2.45) is 22.8 Å². The summed E-state index contributed by atoms with van der Waals surface area (Å²) in [4.78, 5) is 20.7. The molecule has 0 saturated heterocycles. The van der Waals surface area contributed by atoms with E-state index in [-0.39, 0.29) is 33.9 Å². The van der Waals surface area contributed by atoms with Gasteiger partial charge >= 0.3 is 11.9 Å². The molecule has 0 spiro atoms. The van der Waals surface area contributed by atoms with Crippen LogP contribution in [0.1, 0.15) is 32.6 Å². The Hall–Kier alpha value is -0.452. The van der Waals surface area contributed by atoms with Crippen LogP contribution in [0.3, 0.4) is 0 Å². The van der Waals surface area contributed by atoms with Gasteiger partial charge in [-0.25, -0.2) is 0 Å². The Morgan fingerprint density at radius 1 is 1.33 bits per heavy atom. The van der Waals surface area contributed by atoms with Crippen molar-refractivity contribution in [3.63, 3.8) is 0 Å². The third kappa shape index (κ3) is 5.46. The van der Waals surface area contributed by atoms with Crippen LogP contribution in [0.2, 0.25) is 0 Å².